The van der Waals surface area contributed by atoms with Gasteiger partial charge in [0, 0.05) is 18.2 Å². The molecule has 0 aliphatic heterocycles. The molecule has 116 valence electrons. The number of rotatable bonds is 6. The van der Waals surface area contributed by atoms with Gasteiger partial charge in [-0.2, -0.15) is 0 Å². The van der Waals surface area contributed by atoms with E-state index in [9.17, 15) is 0 Å². The molecule has 0 spiro atoms. The molecule has 0 saturated carbocycles. The van der Waals surface area contributed by atoms with Crippen molar-refractivity contribution in [3.8, 4) is 11.3 Å². The molecule has 0 fully saturated rings. The van der Waals surface area contributed by atoms with Crippen molar-refractivity contribution in [2.45, 2.75) is 18.6 Å². The van der Waals surface area contributed by atoms with Crippen LogP contribution in [-0.2, 0) is 6.54 Å². The van der Waals surface area contributed by atoms with Crippen molar-refractivity contribution in [3.63, 3.8) is 0 Å². The highest BCUT2D eigenvalue weighted by Gasteiger charge is 2.06. The normalized spacial score (nSPS) is 10.5. The Morgan fingerprint density at radius 3 is 2.30 bits per heavy atom. The van der Waals surface area contributed by atoms with E-state index in [4.69, 9.17) is 0 Å². The second-order valence-corrected chi connectivity index (χ2v) is 6.29. The molecule has 3 nitrogen and oxygen atoms in total. The van der Waals surface area contributed by atoms with Crippen LogP contribution in [0.15, 0.2) is 71.9 Å². The van der Waals surface area contributed by atoms with Crippen LogP contribution in [0.5, 0.6) is 0 Å². The van der Waals surface area contributed by atoms with E-state index in [0.29, 0.717) is 0 Å². The number of hydrogen-bond donors (Lipinski definition) is 1. The van der Waals surface area contributed by atoms with Crippen LogP contribution in [-0.4, -0.2) is 15.7 Å². The Balaban J connectivity index is 1.85. The van der Waals surface area contributed by atoms with Gasteiger partial charge in [-0.15, -0.1) is 0 Å². The van der Waals surface area contributed by atoms with E-state index in [1.165, 1.54) is 5.56 Å². The maximum Gasteiger partial charge on any atom is 0.190 e. The van der Waals surface area contributed by atoms with Crippen molar-refractivity contribution in [3.05, 3.63) is 72.3 Å². The summed E-state index contributed by atoms with van der Waals surface area (Å²) in [5.41, 5.74) is 3.29. The Labute approximate surface area is 141 Å². The Morgan fingerprint density at radius 1 is 0.913 bits per heavy atom. The zero-order valence-electron chi connectivity index (χ0n) is 13.1. The molecule has 0 aliphatic carbocycles. The lowest BCUT2D eigenvalue weighted by Gasteiger charge is -2.10. The fraction of sp³-hybridized carbons (Fsp3) is 0.158. The van der Waals surface area contributed by atoms with Crippen LogP contribution in [0.1, 0.15) is 12.5 Å². The highest BCUT2D eigenvalue weighted by atomic mass is 32.2. The first kappa shape index (κ1) is 15.6. The summed E-state index contributed by atoms with van der Waals surface area (Å²) in [4.78, 5) is 9.26. The summed E-state index contributed by atoms with van der Waals surface area (Å²) in [6.45, 7) is 2.86. The molecule has 3 aromatic rings. The number of benzene rings is 2. The van der Waals surface area contributed by atoms with Gasteiger partial charge in [0.25, 0.3) is 0 Å². The third-order valence-corrected chi connectivity index (χ3v) is 4.09. The predicted octanol–water partition coefficient (Wildman–Crippen LogP) is 4.87. The largest absolute Gasteiger partial charge is 0.366 e. The van der Waals surface area contributed by atoms with Gasteiger partial charge in [-0.3, -0.25) is 0 Å². The average Bonchev–Trinajstić information content (AvgIpc) is 2.62. The molecule has 23 heavy (non-hydrogen) atoms. The second-order valence-electron chi connectivity index (χ2n) is 5.06. The topological polar surface area (TPSA) is 37.8 Å². The molecule has 0 saturated heterocycles. The minimum absolute atomic E-state index is 0.752. The lowest BCUT2D eigenvalue weighted by Crippen LogP contribution is -2.03. The van der Waals surface area contributed by atoms with E-state index in [2.05, 4.69) is 46.5 Å². The van der Waals surface area contributed by atoms with Crippen LogP contribution in [0.25, 0.3) is 11.3 Å². The predicted molar refractivity (Wildman–Crippen MR) is 97.6 cm³/mol. The molecular weight excluding hydrogens is 302 g/mol. The standard InChI is InChI=1S/C19H19N3S/c1-2-23-19-21-17(16-11-7-4-8-12-16)13-18(22-19)20-14-15-9-5-3-6-10-15/h3-13H,2,14H2,1H3,(H,20,21,22). The van der Waals surface area contributed by atoms with Gasteiger partial charge in [0.05, 0.1) is 5.69 Å². The first-order chi connectivity index (χ1) is 11.3. The minimum Gasteiger partial charge on any atom is -0.366 e. The van der Waals surface area contributed by atoms with Crippen LogP contribution in [0.2, 0.25) is 0 Å². The third-order valence-electron chi connectivity index (χ3n) is 3.37. The summed E-state index contributed by atoms with van der Waals surface area (Å²) < 4.78 is 0. The van der Waals surface area contributed by atoms with Crippen LogP contribution in [0.4, 0.5) is 5.82 Å². The molecule has 1 aromatic heterocycles. The van der Waals surface area contributed by atoms with Crippen molar-refractivity contribution in [1.29, 1.82) is 0 Å². The smallest absolute Gasteiger partial charge is 0.190 e. The zero-order chi connectivity index (χ0) is 15.9. The quantitative estimate of drug-likeness (QED) is 0.519. The first-order valence-electron chi connectivity index (χ1n) is 7.70. The van der Waals surface area contributed by atoms with Gasteiger partial charge >= 0.3 is 0 Å². The number of aromatic nitrogens is 2. The summed E-state index contributed by atoms with van der Waals surface area (Å²) in [5.74, 6) is 1.81. The molecule has 1 heterocycles. The monoisotopic (exact) mass is 321 g/mol. The Bertz CT molecular complexity index is 745. The van der Waals surface area contributed by atoms with Crippen molar-refractivity contribution in [2.75, 3.05) is 11.1 Å². The number of nitrogens with one attached hydrogen (secondary N) is 1. The molecule has 2 aromatic carbocycles. The van der Waals surface area contributed by atoms with E-state index in [1.54, 1.807) is 11.8 Å². The molecule has 0 aliphatic rings. The number of anilines is 1. The fourth-order valence-corrected chi connectivity index (χ4v) is 2.84. The van der Waals surface area contributed by atoms with E-state index in [-0.39, 0.29) is 0 Å². The lowest BCUT2D eigenvalue weighted by molar-refractivity contribution is 0.959. The summed E-state index contributed by atoms with van der Waals surface area (Å²) in [6, 6.07) is 22.6. The van der Waals surface area contributed by atoms with Gasteiger partial charge in [0.1, 0.15) is 5.82 Å². The van der Waals surface area contributed by atoms with Gasteiger partial charge in [-0.1, -0.05) is 79.3 Å². The molecule has 0 amide bonds. The Kier molecular flexibility index (Phi) is 5.27. The molecule has 0 bridgehead atoms. The molecule has 4 heteroatoms. The van der Waals surface area contributed by atoms with Crippen molar-refractivity contribution < 1.29 is 0 Å². The van der Waals surface area contributed by atoms with E-state index in [1.807, 2.05) is 42.5 Å². The number of nitrogens with zero attached hydrogens (tertiary/aromatic N) is 2. The molecule has 0 radical (unpaired) electrons. The third kappa shape index (κ3) is 4.33. The molecule has 1 N–H and O–H groups in total. The lowest BCUT2D eigenvalue weighted by atomic mass is 10.1. The minimum atomic E-state index is 0.752. The highest BCUT2D eigenvalue weighted by molar-refractivity contribution is 7.99. The van der Waals surface area contributed by atoms with Crippen LogP contribution in [0, 0.1) is 0 Å². The fourth-order valence-electron chi connectivity index (χ4n) is 2.25. The maximum absolute atomic E-state index is 4.66. The SMILES string of the molecule is CCSc1nc(NCc2ccccc2)cc(-c2ccccc2)n1. The molecular formula is C19H19N3S. The van der Waals surface area contributed by atoms with Crippen LogP contribution < -0.4 is 5.32 Å². The Morgan fingerprint density at radius 2 is 1.61 bits per heavy atom. The number of hydrogen-bond acceptors (Lipinski definition) is 4. The molecule has 0 unspecified atom stereocenters. The summed E-state index contributed by atoms with van der Waals surface area (Å²) in [6.07, 6.45) is 0. The zero-order valence-corrected chi connectivity index (χ0v) is 13.9. The second kappa shape index (κ2) is 7.79. The maximum atomic E-state index is 4.66. The van der Waals surface area contributed by atoms with Gasteiger partial charge in [-0.05, 0) is 11.3 Å². The Hall–Kier alpha value is -2.33. The molecule has 0 atom stereocenters. The van der Waals surface area contributed by atoms with Crippen molar-refractivity contribution >= 4 is 17.6 Å². The van der Waals surface area contributed by atoms with Gasteiger partial charge < -0.3 is 5.32 Å². The van der Waals surface area contributed by atoms with E-state index in [0.717, 1.165) is 34.5 Å². The van der Waals surface area contributed by atoms with Crippen molar-refractivity contribution in [1.82, 2.24) is 9.97 Å². The summed E-state index contributed by atoms with van der Waals surface area (Å²) >= 11 is 1.66. The van der Waals surface area contributed by atoms with Crippen LogP contribution >= 0.6 is 11.8 Å². The van der Waals surface area contributed by atoms with E-state index < -0.39 is 0 Å². The highest BCUT2D eigenvalue weighted by Crippen LogP contribution is 2.23. The summed E-state index contributed by atoms with van der Waals surface area (Å²) in [7, 11) is 0. The average molecular weight is 321 g/mol. The van der Waals surface area contributed by atoms with Gasteiger partial charge in [0.15, 0.2) is 5.16 Å². The summed E-state index contributed by atoms with van der Waals surface area (Å²) in [5, 5.41) is 4.22. The number of thioether (sulfide) groups is 1. The van der Waals surface area contributed by atoms with E-state index >= 15 is 0 Å². The molecule has 3 rings (SSSR count). The van der Waals surface area contributed by atoms with Crippen molar-refractivity contribution in [2.24, 2.45) is 0 Å². The van der Waals surface area contributed by atoms with Gasteiger partial charge in [0.2, 0.25) is 0 Å². The van der Waals surface area contributed by atoms with Crippen LogP contribution in [0.3, 0.4) is 0 Å². The van der Waals surface area contributed by atoms with Gasteiger partial charge in [-0.25, -0.2) is 9.97 Å². The first-order valence-corrected chi connectivity index (χ1v) is 8.69.